The standard InChI is InChI=1S/C24H39F3O2/c1-5-7-8-9-10-11-16-21(23(6-2,28-3)29-4)17-12-14-20-15-13-18-22(19-20)24(25,26)27/h13,15,18-19,21H,5-12,14,16-17H2,1-4H3. The Morgan fingerprint density at radius 2 is 1.48 bits per heavy atom. The molecular formula is C24H39F3O2. The first kappa shape index (κ1) is 26.0. The third-order valence-corrected chi connectivity index (χ3v) is 5.98. The number of hydrogen-bond acceptors (Lipinski definition) is 2. The normalized spacial score (nSPS) is 13.6. The number of unbranched alkanes of at least 4 members (excludes halogenated alkanes) is 5. The van der Waals surface area contributed by atoms with Crippen molar-refractivity contribution in [3.63, 3.8) is 0 Å². The van der Waals surface area contributed by atoms with Gasteiger partial charge in [-0.15, -0.1) is 0 Å². The molecule has 1 aromatic carbocycles. The number of ether oxygens (including phenoxy) is 2. The minimum absolute atomic E-state index is 0.236. The lowest BCUT2D eigenvalue weighted by molar-refractivity contribution is -0.244. The lowest BCUT2D eigenvalue weighted by atomic mass is 9.85. The predicted octanol–water partition coefficient (Wildman–Crippen LogP) is 7.79. The molecule has 29 heavy (non-hydrogen) atoms. The van der Waals surface area contributed by atoms with Crippen LogP contribution in [0.15, 0.2) is 24.3 Å². The van der Waals surface area contributed by atoms with Gasteiger partial charge in [-0.1, -0.05) is 70.6 Å². The molecule has 1 aromatic rings. The number of methoxy groups -OCH3 is 2. The number of benzene rings is 1. The molecule has 0 aliphatic heterocycles. The van der Waals surface area contributed by atoms with Crippen molar-refractivity contribution in [3.8, 4) is 0 Å². The minimum atomic E-state index is -4.29. The second kappa shape index (κ2) is 13.3. The van der Waals surface area contributed by atoms with Crippen LogP contribution in [0.4, 0.5) is 13.2 Å². The van der Waals surface area contributed by atoms with Crippen LogP contribution in [-0.2, 0) is 22.1 Å². The van der Waals surface area contributed by atoms with Crippen molar-refractivity contribution in [2.45, 2.75) is 96.4 Å². The molecule has 5 heteroatoms. The van der Waals surface area contributed by atoms with Crippen molar-refractivity contribution >= 4 is 0 Å². The van der Waals surface area contributed by atoms with E-state index in [2.05, 4.69) is 13.8 Å². The van der Waals surface area contributed by atoms with E-state index < -0.39 is 17.5 Å². The zero-order chi connectivity index (χ0) is 21.8. The fourth-order valence-corrected chi connectivity index (χ4v) is 4.20. The second-order valence-electron chi connectivity index (χ2n) is 7.92. The fraction of sp³-hybridized carbons (Fsp3) is 0.750. The van der Waals surface area contributed by atoms with Gasteiger partial charge in [-0.2, -0.15) is 13.2 Å². The van der Waals surface area contributed by atoms with Gasteiger partial charge in [0, 0.05) is 20.1 Å². The van der Waals surface area contributed by atoms with Gasteiger partial charge in [-0.05, 0) is 43.7 Å². The van der Waals surface area contributed by atoms with Crippen LogP contribution in [0.3, 0.4) is 0 Å². The molecule has 0 spiro atoms. The summed E-state index contributed by atoms with van der Waals surface area (Å²) in [5.41, 5.74) is 0.158. The van der Waals surface area contributed by atoms with E-state index in [0.29, 0.717) is 6.42 Å². The van der Waals surface area contributed by atoms with Crippen LogP contribution in [0.25, 0.3) is 0 Å². The third-order valence-electron chi connectivity index (χ3n) is 5.98. The summed E-state index contributed by atoms with van der Waals surface area (Å²) in [6, 6.07) is 5.66. The van der Waals surface area contributed by atoms with Crippen molar-refractivity contribution in [2.24, 2.45) is 5.92 Å². The van der Waals surface area contributed by atoms with Gasteiger partial charge < -0.3 is 9.47 Å². The van der Waals surface area contributed by atoms with Gasteiger partial charge >= 0.3 is 6.18 Å². The van der Waals surface area contributed by atoms with Crippen LogP contribution in [0.5, 0.6) is 0 Å². The van der Waals surface area contributed by atoms with E-state index in [1.807, 2.05) is 0 Å². The molecule has 0 saturated heterocycles. The highest BCUT2D eigenvalue weighted by atomic mass is 19.4. The maximum atomic E-state index is 12.9. The number of rotatable bonds is 15. The number of alkyl halides is 3. The molecule has 168 valence electrons. The van der Waals surface area contributed by atoms with Crippen LogP contribution >= 0.6 is 0 Å². The Morgan fingerprint density at radius 1 is 0.862 bits per heavy atom. The summed E-state index contributed by atoms with van der Waals surface area (Å²) in [7, 11) is 3.38. The smallest absolute Gasteiger partial charge is 0.353 e. The molecule has 0 bridgehead atoms. The lowest BCUT2D eigenvalue weighted by Crippen LogP contribution is -2.41. The van der Waals surface area contributed by atoms with Crippen molar-refractivity contribution in [3.05, 3.63) is 35.4 Å². The van der Waals surface area contributed by atoms with E-state index >= 15 is 0 Å². The van der Waals surface area contributed by atoms with E-state index in [9.17, 15) is 13.2 Å². The van der Waals surface area contributed by atoms with Crippen molar-refractivity contribution in [1.29, 1.82) is 0 Å². The van der Waals surface area contributed by atoms with Crippen LogP contribution in [0.1, 0.15) is 89.2 Å². The molecule has 1 atom stereocenters. The van der Waals surface area contributed by atoms with Crippen molar-refractivity contribution in [1.82, 2.24) is 0 Å². The van der Waals surface area contributed by atoms with Crippen LogP contribution in [0.2, 0.25) is 0 Å². The van der Waals surface area contributed by atoms with E-state index in [0.717, 1.165) is 43.7 Å². The van der Waals surface area contributed by atoms with E-state index in [-0.39, 0.29) is 5.92 Å². The van der Waals surface area contributed by atoms with Crippen molar-refractivity contribution in [2.75, 3.05) is 14.2 Å². The van der Waals surface area contributed by atoms with Gasteiger partial charge in [0.15, 0.2) is 5.79 Å². The first-order valence-corrected chi connectivity index (χ1v) is 11.1. The Bertz CT molecular complexity index is 545. The Morgan fingerprint density at radius 3 is 2.07 bits per heavy atom. The summed E-state index contributed by atoms with van der Waals surface area (Å²) in [6.07, 6.45) is 7.20. The van der Waals surface area contributed by atoms with E-state index in [4.69, 9.17) is 9.47 Å². The van der Waals surface area contributed by atoms with Gasteiger partial charge in [0.25, 0.3) is 0 Å². The van der Waals surface area contributed by atoms with Gasteiger partial charge in [-0.3, -0.25) is 0 Å². The Labute approximate surface area is 175 Å². The molecule has 2 nitrogen and oxygen atoms in total. The molecule has 0 aliphatic carbocycles. The summed E-state index contributed by atoms with van der Waals surface area (Å²) in [4.78, 5) is 0. The topological polar surface area (TPSA) is 18.5 Å². The Kier molecular flexibility index (Phi) is 11.9. The SMILES string of the molecule is CCCCCCCCC(CCCc1cccc(C(F)(F)F)c1)C(CC)(OC)OC. The summed E-state index contributed by atoms with van der Waals surface area (Å²) in [5.74, 6) is -0.378. The average Bonchev–Trinajstić information content (AvgIpc) is 2.71. The summed E-state index contributed by atoms with van der Waals surface area (Å²) >= 11 is 0. The van der Waals surface area contributed by atoms with Crippen LogP contribution in [-0.4, -0.2) is 20.0 Å². The predicted molar refractivity (Wildman–Crippen MR) is 113 cm³/mol. The number of aryl methyl sites for hydroxylation is 1. The lowest BCUT2D eigenvalue weighted by Gasteiger charge is -2.38. The molecule has 0 N–H and O–H groups in total. The van der Waals surface area contributed by atoms with Crippen molar-refractivity contribution < 1.29 is 22.6 Å². The second-order valence-corrected chi connectivity index (χ2v) is 7.92. The van der Waals surface area contributed by atoms with Gasteiger partial charge in [0.1, 0.15) is 0 Å². The minimum Gasteiger partial charge on any atom is -0.353 e. The summed E-state index contributed by atoms with van der Waals surface area (Å²) < 4.78 is 50.4. The molecule has 0 aliphatic rings. The van der Waals surface area contributed by atoms with Crippen LogP contribution < -0.4 is 0 Å². The highest BCUT2D eigenvalue weighted by molar-refractivity contribution is 5.25. The molecule has 0 amide bonds. The molecule has 0 aromatic heterocycles. The zero-order valence-electron chi connectivity index (χ0n) is 18.6. The maximum absolute atomic E-state index is 12.9. The quantitative estimate of drug-likeness (QED) is 0.214. The number of hydrogen-bond donors (Lipinski definition) is 0. The van der Waals surface area contributed by atoms with E-state index in [1.165, 1.54) is 44.2 Å². The molecule has 0 radical (unpaired) electrons. The average molecular weight is 417 g/mol. The molecule has 0 saturated carbocycles. The Hall–Kier alpha value is -1.07. The highest BCUT2D eigenvalue weighted by Crippen LogP contribution is 2.35. The maximum Gasteiger partial charge on any atom is 0.416 e. The zero-order valence-corrected chi connectivity index (χ0v) is 18.6. The molecule has 0 heterocycles. The fourth-order valence-electron chi connectivity index (χ4n) is 4.20. The summed E-state index contributed by atoms with van der Waals surface area (Å²) in [6.45, 7) is 4.28. The largest absolute Gasteiger partial charge is 0.416 e. The molecular weight excluding hydrogens is 377 g/mol. The molecule has 1 rings (SSSR count). The first-order chi connectivity index (χ1) is 13.8. The third kappa shape index (κ3) is 8.67. The Balaban J connectivity index is 2.67. The molecule has 0 fully saturated rings. The van der Waals surface area contributed by atoms with E-state index in [1.54, 1.807) is 20.3 Å². The summed E-state index contributed by atoms with van der Waals surface area (Å²) in [5, 5.41) is 0. The van der Waals surface area contributed by atoms with Gasteiger partial charge in [0.2, 0.25) is 0 Å². The van der Waals surface area contributed by atoms with Gasteiger partial charge in [-0.25, -0.2) is 0 Å². The molecule has 1 unspecified atom stereocenters. The monoisotopic (exact) mass is 416 g/mol. The first-order valence-electron chi connectivity index (χ1n) is 11.1. The number of halogens is 3. The van der Waals surface area contributed by atoms with Crippen LogP contribution in [0, 0.1) is 5.92 Å². The van der Waals surface area contributed by atoms with Gasteiger partial charge in [0.05, 0.1) is 5.56 Å². The highest BCUT2D eigenvalue weighted by Gasteiger charge is 2.36.